The minimum atomic E-state index is -0.745. The van der Waals surface area contributed by atoms with Crippen molar-refractivity contribution in [2.75, 3.05) is 6.54 Å². The van der Waals surface area contributed by atoms with Gasteiger partial charge in [-0.25, -0.2) is 9.37 Å². The molecule has 0 aliphatic heterocycles. The molecular weight excluding hydrogens is 321 g/mol. The van der Waals surface area contributed by atoms with Crippen LogP contribution < -0.4 is 5.32 Å². The van der Waals surface area contributed by atoms with Gasteiger partial charge >= 0.3 is 0 Å². The molecule has 0 saturated heterocycles. The number of carbonyl (C=O) groups excluding carboxylic acids is 1. The summed E-state index contributed by atoms with van der Waals surface area (Å²) in [5.74, 6) is -0.00549. The summed E-state index contributed by atoms with van der Waals surface area (Å²) in [6.07, 6.45) is -0.159. The first-order valence-corrected chi connectivity index (χ1v) is 8.18. The second-order valence-electron chi connectivity index (χ2n) is 6.00. The van der Waals surface area contributed by atoms with Crippen molar-refractivity contribution in [2.45, 2.75) is 25.9 Å². The number of aryl methyl sites for hydroxylation is 2. The number of benzene rings is 2. The Kier molecular flexibility index (Phi) is 5.09. The summed E-state index contributed by atoms with van der Waals surface area (Å²) >= 11 is 0. The zero-order valence-electron chi connectivity index (χ0n) is 13.9. The van der Waals surface area contributed by atoms with Crippen LogP contribution in [-0.4, -0.2) is 27.5 Å². The van der Waals surface area contributed by atoms with E-state index in [0.29, 0.717) is 17.8 Å². The van der Waals surface area contributed by atoms with E-state index in [2.05, 4.69) is 15.3 Å². The van der Waals surface area contributed by atoms with Crippen molar-refractivity contribution >= 4 is 16.9 Å². The van der Waals surface area contributed by atoms with Crippen LogP contribution in [0.25, 0.3) is 11.0 Å². The van der Waals surface area contributed by atoms with Crippen LogP contribution in [-0.2, 0) is 11.2 Å². The van der Waals surface area contributed by atoms with Crippen LogP contribution in [0.1, 0.15) is 29.5 Å². The molecule has 3 N–H and O–H groups in total. The number of nitrogens with one attached hydrogen (secondary N) is 2. The van der Waals surface area contributed by atoms with Crippen LogP contribution in [0.3, 0.4) is 0 Å². The first-order valence-electron chi connectivity index (χ1n) is 8.18. The Morgan fingerprint density at radius 1 is 1.28 bits per heavy atom. The van der Waals surface area contributed by atoms with Crippen molar-refractivity contribution < 1.29 is 14.3 Å². The molecular formula is C19H20FN3O2. The Morgan fingerprint density at radius 2 is 2.08 bits per heavy atom. The third kappa shape index (κ3) is 4.03. The molecule has 0 saturated carbocycles. The molecule has 1 atom stereocenters. The van der Waals surface area contributed by atoms with Gasteiger partial charge in [-0.15, -0.1) is 0 Å². The second-order valence-corrected chi connectivity index (χ2v) is 6.00. The number of imidazole rings is 1. The van der Waals surface area contributed by atoms with Gasteiger partial charge < -0.3 is 15.4 Å². The zero-order valence-corrected chi connectivity index (χ0v) is 13.9. The van der Waals surface area contributed by atoms with Gasteiger partial charge in [0.1, 0.15) is 11.3 Å². The fraction of sp³-hybridized carbons (Fsp3) is 0.263. The van der Waals surface area contributed by atoms with Gasteiger partial charge in [-0.05, 0) is 30.2 Å². The van der Waals surface area contributed by atoms with Crippen LogP contribution in [0.5, 0.6) is 0 Å². The number of rotatable bonds is 6. The molecule has 1 aromatic heterocycles. The Bertz CT molecular complexity index is 891. The molecule has 1 heterocycles. The number of aromatic amines is 1. The highest BCUT2D eigenvalue weighted by molar-refractivity contribution is 5.77. The van der Waals surface area contributed by atoms with Gasteiger partial charge in [-0.2, -0.15) is 0 Å². The summed E-state index contributed by atoms with van der Waals surface area (Å²) in [6.45, 7) is 2.07. The summed E-state index contributed by atoms with van der Waals surface area (Å²) in [7, 11) is 0. The van der Waals surface area contributed by atoms with E-state index in [9.17, 15) is 14.3 Å². The van der Waals surface area contributed by atoms with Gasteiger partial charge in [0.2, 0.25) is 5.91 Å². The van der Waals surface area contributed by atoms with E-state index in [-0.39, 0.29) is 30.2 Å². The van der Waals surface area contributed by atoms with Crippen molar-refractivity contribution in [3.05, 3.63) is 65.2 Å². The molecule has 0 spiro atoms. The number of hydrogen-bond donors (Lipinski definition) is 3. The van der Waals surface area contributed by atoms with Crippen LogP contribution in [0, 0.1) is 12.7 Å². The van der Waals surface area contributed by atoms with Crippen molar-refractivity contribution in [1.82, 2.24) is 15.3 Å². The molecule has 6 heteroatoms. The second kappa shape index (κ2) is 7.44. The smallest absolute Gasteiger partial charge is 0.220 e. The van der Waals surface area contributed by atoms with E-state index in [1.54, 1.807) is 12.1 Å². The number of nitrogens with zero attached hydrogens (tertiary/aromatic N) is 1. The standard InChI is InChI=1S/C19H20FN3O2/c1-12-5-2-3-6-13(12)16(24)11-21-18(25)10-9-17-22-15-8-4-7-14(20)19(15)23-17/h2-8,16,24H,9-11H2,1H3,(H,21,25)(H,22,23). The molecule has 1 amide bonds. The summed E-state index contributed by atoms with van der Waals surface area (Å²) in [5, 5.41) is 12.9. The molecule has 130 valence electrons. The van der Waals surface area contributed by atoms with E-state index >= 15 is 0 Å². The number of aliphatic hydroxyl groups excluding tert-OH is 1. The number of amides is 1. The molecule has 0 bridgehead atoms. The highest BCUT2D eigenvalue weighted by atomic mass is 19.1. The molecule has 0 aliphatic carbocycles. The molecule has 0 radical (unpaired) electrons. The van der Waals surface area contributed by atoms with Gasteiger partial charge in [0.05, 0.1) is 11.6 Å². The Balaban J connectivity index is 1.52. The Morgan fingerprint density at radius 3 is 2.84 bits per heavy atom. The van der Waals surface area contributed by atoms with Gasteiger partial charge in [0, 0.05) is 19.4 Å². The number of aliphatic hydroxyl groups is 1. The summed E-state index contributed by atoms with van der Waals surface area (Å²) in [5.41, 5.74) is 2.68. The van der Waals surface area contributed by atoms with Gasteiger partial charge in [-0.1, -0.05) is 30.3 Å². The van der Waals surface area contributed by atoms with E-state index in [1.807, 2.05) is 31.2 Å². The molecule has 3 rings (SSSR count). The summed E-state index contributed by atoms with van der Waals surface area (Å²) in [4.78, 5) is 19.2. The fourth-order valence-corrected chi connectivity index (χ4v) is 2.77. The molecule has 25 heavy (non-hydrogen) atoms. The van der Waals surface area contributed by atoms with Crippen molar-refractivity contribution in [3.63, 3.8) is 0 Å². The maximum absolute atomic E-state index is 13.6. The Hall–Kier alpha value is -2.73. The van der Waals surface area contributed by atoms with Crippen LogP contribution in [0.15, 0.2) is 42.5 Å². The number of H-pyrrole nitrogens is 1. The normalized spacial score (nSPS) is 12.3. The summed E-state index contributed by atoms with van der Waals surface area (Å²) in [6, 6.07) is 12.2. The van der Waals surface area contributed by atoms with E-state index in [0.717, 1.165) is 11.1 Å². The Labute approximate surface area is 144 Å². The first kappa shape index (κ1) is 17.1. The predicted octanol–water partition coefficient (Wildman–Crippen LogP) is 2.79. The van der Waals surface area contributed by atoms with Gasteiger partial charge in [-0.3, -0.25) is 4.79 Å². The lowest BCUT2D eigenvalue weighted by Gasteiger charge is -2.14. The third-order valence-electron chi connectivity index (χ3n) is 4.14. The molecule has 3 aromatic rings. The first-order chi connectivity index (χ1) is 12.0. The minimum absolute atomic E-state index is 0.151. The van der Waals surface area contributed by atoms with Crippen LogP contribution in [0.4, 0.5) is 4.39 Å². The number of aromatic nitrogens is 2. The number of carbonyl (C=O) groups is 1. The molecule has 5 nitrogen and oxygen atoms in total. The molecule has 2 aromatic carbocycles. The lowest BCUT2D eigenvalue weighted by atomic mass is 10.0. The van der Waals surface area contributed by atoms with E-state index < -0.39 is 6.10 Å². The maximum Gasteiger partial charge on any atom is 0.220 e. The van der Waals surface area contributed by atoms with Crippen molar-refractivity contribution in [3.8, 4) is 0 Å². The number of halogens is 1. The minimum Gasteiger partial charge on any atom is -0.387 e. The molecule has 0 fully saturated rings. The van der Waals surface area contributed by atoms with Crippen molar-refractivity contribution in [1.29, 1.82) is 0 Å². The van der Waals surface area contributed by atoms with Gasteiger partial charge in [0.15, 0.2) is 5.82 Å². The average Bonchev–Trinajstić information content (AvgIpc) is 3.03. The number of fused-ring (bicyclic) bond motifs is 1. The van der Waals surface area contributed by atoms with Crippen molar-refractivity contribution in [2.24, 2.45) is 0 Å². The number of para-hydroxylation sites is 1. The highest BCUT2D eigenvalue weighted by Gasteiger charge is 2.12. The average molecular weight is 341 g/mol. The lowest BCUT2D eigenvalue weighted by molar-refractivity contribution is -0.121. The van der Waals surface area contributed by atoms with Crippen LogP contribution >= 0.6 is 0 Å². The van der Waals surface area contributed by atoms with Gasteiger partial charge in [0.25, 0.3) is 0 Å². The highest BCUT2D eigenvalue weighted by Crippen LogP contribution is 2.17. The van der Waals surface area contributed by atoms with E-state index in [1.165, 1.54) is 6.07 Å². The fourth-order valence-electron chi connectivity index (χ4n) is 2.77. The number of hydrogen-bond acceptors (Lipinski definition) is 3. The molecule has 0 aliphatic rings. The van der Waals surface area contributed by atoms with Crippen LogP contribution in [0.2, 0.25) is 0 Å². The zero-order chi connectivity index (χ0) is 17.8. The summed E-state index contributed by atoms with van der Waals surface area (Å²) < 4.78 is 13.6. The SMILES string of the molecule is Cc1ccccc1C(O)CNC(=O)CCc1nc2c(F)cccc2[nH]1. The predicted molar refractivity (Wildman–Crippen MR) is 93.5 cm³/mol. The largest absolute Gasteiger partial charge is 0.387 e. The van der Waals surface area contributed by atoms with E-state index in [4.69, 9.17) is 0 Å². The topological polar surface area (TPSA) is 78.0 Å². The monoisotopic (exact) mass is 341 g/mol. The maximum atomic E-state index is 13.6. The lowest BCUT2D eigenvalue weighted by Crippen LogP contribution is -2.28. The molecule has 1 unspecified atom stereocenters. The third-order valence-corrected chi connectivity index (χ3v) is 4.14. The quantitative estimate of drug-likeness (QED) is 0.645.